The number of ketones is 1. The lowest BCUT2D eigenvalue weighted by Crippen LogP contribution is -2.13. The van der Waals surface area contributed by atoms with Gasteiger partial charge in [0.2, 0.25) is 12.1 Å². The Morgan fingerprint density at radius 1 is 1.22 bits per heavy atom. The summed E-state index contributed by atoms with van der Waals surface area (Å²) < 4.78 is 11.6. The van der Waals surface area contributed by atoms with E-state index < -0.39 is 12.1 Å². The minimum Gasteiger partial charge on any atom is -0.507 e. The van der Waals surface area contributed by atoms with Crippen LogP contribution in [0.4, 0.5) is 0 Å². The van der Waals surface area contributed by atoms with Crippen molar-refractivity contribution >= 4 is 5.78 Å². The van der Waals surface area contributed by atoms with E-state index in [-0.39, 0.29) is 28.4 Å². The number of benzene rings is 2. The molecule has 1 aliphatic rings. The molecule has 1 heterocycles. The summed E-state index contributed by atoms with van der Waals surface area (Å²) in [6.45, 7) is 7.95. The van der Waals surface area contributed by atoms with Crippen LogP contribution in [0, 0.1) is 6.92 Å². The summed E-state index contributed by atoms with van der Waals surface area (Å²) in [6, 6.07) is 6.70. The second-order valence-electron chi connectivity index (χ2n) is 6.91. The molecule has 0 spiro atoms. The molecule has 0 unspecified atom stereocenters. The summed E-state index contributed by atoms with van der Waals surface area (Å²) in [7, 11) is 0. The maximum Gasteiger partial charge on any atom is 0.227 e. The molecule has 142 valence electrons. The van der Waals surface area contributed by atoms with Crippen molar-refractivity contribution in [2.24, 2.45) is 0 Å². The summed E-state index contributed by atoms with van der Waals surface area (Å²) in [6.07, 6.45) is 1.63. The monoisotopic (exact) mass is 368 g/mol. The summed E-state index contributed by atoms with van der Waals surface area (Å²) in [5, 5.41) is 21.2. The maximum atomic E-state index is 13.3. The third-order valence-corrected chi connectivity index (χ3v) is 4.51. The third kappa shape index (κ3) is 3.55. The first-order valence-corrected chi connectivity index (χ1v) is 8.98. The second kappa shape index (κ2) is 7.45. The van der Waals surface area contributed by atoms with Gasteiger partial charge in [0.1, 0.15) is 22.8 Å². The van der Waals surface area contributed by atoms with Crippen molar-refractivity contribution in [2.75, 3.05) is 6.61 Å². The zero-order valence-electron chi connectivity index (χ0n) is 16.0. The molecule has 5 heteroatoms. The molecule has 0 aliphatic carbocycles. The number of hydrogen-bond acceptors (Lipinski definition) is 5. The molecule has 0 bridgehead atoms. The number of aryl methyl sites for hydroxylation is 1. The number of carbonyl (C=O) groups is 1. The van der Waals surface area contributed by atoms with Crippen LogP contribution in [0.5, 0.6) is 17.2 Å². The molecule has 2 N–H and O–H groups in total. The quantitative estimate of drug-likeness (QED) is 0.773. The van der Waals surface area contributed by atoms with E-state index in [1.807, 2.05) is 33.8 Å². The van der Waals surface area contributed by atoms with Gasteiger partial charge < -0.3 is 19.7 Å². The van der Waals surface area contributed by atoms with Gasteiger partial charge in [0, 0.05) is 12.2 Å². The van der Waals surface area contributed by atoms with Crippen molar-refractivity contribution in [2.45, 2.75) is 40.4 Å². The van der Waals surface area contributed by atoms with E-state index in [2.05, 4.69) is 0 Å². The van der Waals surface area contributed by atoms with Crippen LogP contribution in [0.3, 0.4) is 0 Å². The minimum absolute atomic E-state index is 0.0530. The van der Waals surface area contributed by atoms with Gasteiger partial charge in [-0.2, -0.15) is 0 Å². The Labute approximate surface area is 158 Å². The second-order valence-corrected chi connectivity index (χ2v) is 6.91. The van der Waals surface area contributed by atoms with E-state index in [0.717, 1.165) is 11.1 Å². The third-order valence-electron chi connectivity index (χ3n) is 4.51. The molecule has 5 nitrogen and oxygen atoms in total. The van der Waals surface area contributed by atoms with Crippen molar-refractivity contribution in [3.05, 3.63) is 63.7 Å². The molecular formula is C22H24O5. The molecule has 1 aliphatic heterocycles. The Kier molecular flexibility index (Phi) is 5.24. The Balaban J connectivity index is 2.21. The molecule has 2 aromatic rings. The lowest BCUT2D eigenvalue weighted by molar-refractivity contribution is -0.0784. The first-order valence-electron chi connectivity index (χ1n) is 8.98. The van der Waals surface area contributed by atoms with Gasteiger partial charge >= 0.3 is 0 Å². The average molecular weight is 368 g/mol. The van der Waals surface area contributed by atoms with Gasteiger partial charge in [0.15, 0.2) is 0 Å². The van der Waals surface area contributed by atoms with Crippen molar-refractivity contribution in [1.29, 1.82) is 0 Å². The molecular weight excluding hydrogens is 344 g/mol. The van der Waals surface area contributed by atoms with Crippen LogP contribution in [0.15, 0.2) is 35.9 Å². The van der Waals surface area contributed by atoms with Gasteiger partial charge in [-0.05, 0) is 63.4 Å². The van der Waals surface area contributed by atoms with E-state index in [0.29, 0.717) is 24.2 Å². The van der Waals surface area contributed by atoms with Gasteiger partial charge in [-0.25, -0.2) is 0 Å². The molecule has 0 fully saturated rings. The number of ether oxygens (including phenoxy) is 2. The molecule has 3 rings (SSSR count). The van der Waals surface area contributed by atoms with Crippen LogP contribution in [0.25, 0.3) is 0 Å². The molecule has 0 saturated heterocycles. The number of phenols is 2. The van der Waals surface area contributed by atoms with Gasteiger partial charge in [0.25, 0.3) is 0 Å². The van der Waals surface area contributed by atoms with Crippen LogP contribution >= 0.6 is 0 Å². The number of carbonyl (C=O) groups excluding carboxylic acids is 1. The summed E-state index contributed by atoms with van der Waals surface area (Å²) >= 11 is 0. The Morgan fingerprint density at radius 2 is 1.96 bits per heavy atom. The fourth-order valence-corrected chi connectivity index (χ4v) is 3.22. The summed E-state index contributed by atoms with van der Waals surface area (Å²) in [4.78, 5) is 13.3. The molecule has 2 aromatic carbocycles. The van der Waals surface area contributed by atoms with Gasteiger partial charge in [0.05, 0.1) is 5.56 Å². The van der Waals surface area contributed by atoms with E-state index in [9.17, 15) is 15.0 Å². The largest absolute Gasteiger partial charge is 0.507 e. The standard InChI is InChI=1S/C22H24O5/c1-5-26-22-15-10-13(4)11-16(23)18(15)21(25)19-17(27-22)9-8-14(20(19)24)7-6-12(2)3/h6,8-11,22-24H,5,7H2,1-4H3/t22-/m0/s1. The number of rotatable bonds is 4. The van der Waals surface area contributed by atoms with Crippen molar-refractivity contribution in [3.63, 3.8) is 0 Å². The summed E-state index contributed by atoms with van der Waals surface area (Å²) in [5.41, 5.74) is 3.13. The highest BCUT2D eigenvalue weighted by molar-refractivity contribution is 6.15. The first-order chi connectivity index (χ1) is 12.8. The molecule has 1 atom stereocenters. The van der Waals surface area contributed by atoms with E-state index in [1.165, 1.54) is 6.07 Å². The zero-order chi connectivity index (χ0) is 19.7. The number of phenolic OH excluding ortho intramolecular Hbond substituents is 2. The van der Waals surface area contributed by atoms with Crippen LogP contribution < -0.4 is 4.74 Å². The molecule has 0 radical (unpaired) electrons. The summed E-state index contributed by atoms with van der Waals surface area (Å²) in [5.74, 6) is -0.510. The van der Waals surface area contributed by atoms with Gasteiger partial charge in [-0.3, -0.25) is 4.79 Å². The predicted octanol–water partition coefficient (Wildman–Crippen LogP) is 4.57. The Hall–Kier alpha value is -2.79. The fraction of sp³-hybridized carbons (Fsp3) is 0.318. The fourth-order valence-electron chi connectivity index (χ4n) is 3.22. The highest BCUT2D eigenvalue weighted by Crippen LogP contribution is 2.43. The lowest BCUT2D eigenvalue weighted by Gasteiger charge is -2.19. The van der Waals surface area contributed by atoms with Crippen molar-refractivity contribution in [3.8, 4) is 17.2 Å². The van der Waals surface area contributed by atoms with E-state index >= 15 is 0 Å². The molecule has 0 saturated carbocycles. The lowest BCUT2D eigenvalue weighted by atomic mass is 9.93. The topological polar surface area (TPSA) is 76.0 Å². The molecule has 27 heavy (non-hydrogen) atoms. The number of aromatic hydroxyl groups is 2. The zero-order valence-corrected chi connectivity index (χ0v) is 16.0. The Bertz CT molecular complexity index is 923. The van der Waals surface area contributed by atoms with Crippen LogP contribution in [-0.2, 0) is 11.2 Å². The number of fused-ring (bicyclic) bond motifs is 2. The van der Waals surface area contributed by atoms with Crippen LogP contribution in [0.2, 0.25) is 0 Å². The minimum atomic E-state index is -0.843. The highest BCUT2D eigenvalue weighted by Gasteiger charge is 2.34. The number of hydrogen-bond donors (Lipinski definition) is 2. The van der Waals surface area contributed by atoms with Crippen molar-refractivity contribution in [1.82, 2.24) is 0 Å². The number of allylic oxidation sites excluding steroid dienone is 2. The smallest absolute Gasteiger partial charge is 0.227 e. The normalized spacial score (nSPS) is 15.4. The molecule has 0 aromatic heterocycles. The first kappa shape index (κ1) is 19.0. The van der Waals surface area contributed by atoms with Gasteiger partial charge in [-0.15, -0.1) is 0 Å². The predicted molar refractivity (Wildman–Crippen MR) is 103 cm³/mol. The SMILES string of the molecule is CCO[C@H]1Oc2ccc(CC=C(C)C)c(O)c2C(=O)c2c(O)cc(C)cc21. The van der Waals surface area contributed by atoms with E-state index in [1.54, 1.807) is 18.2 Å². The van der Waals surface area contributed by atoms with E-state index in [4.69, 9.17) is 9.47 Å². The van der Waals surface area contributed by atoms with Crippen molar-refractivity contribution < 1.29 is 24.5 Å². The molecule has 0 amide bonds. The van der Waals surface area contributed by atoms with Gasteiger partial charge in [-0.1, -0.05) is 17.7 Å². The Morgan fingerprint density at radius 3 is 2.63 bits per heavy atom. The average Bonchev–Trinajstić information content (AvgIpc) is 2.70. The maximum absolute atomic E-state index is 13.3. The highest BCUT2D eigenvalue weighted by atomic mass is 16.7. The van der Waals surface area contributed by atoms with Crippen LogP contribution in [0.1, 0.15) is 59.7 Å². The van der Waals surface area contributed by atoms with Crippen LogP contribution in [-0.4, -0.2) is 22.6 Å².